The van der Waals surface area contributed by atoms with Gasteiger partial charge in [-0.3, -0.25) is 18.7 Å². The summed E-state index contributed by atoms with van der Waals surface area (Å²) in [5.41, 5.74) is 22.6. The van der Waals surface area contributed by atoms with E-state index in [0.717, 1.165) is 30.0 Å². The summed E-state index contributed by atoms with van der Waals surface area (Å²) in [4.78, 5) is 51.7. The van der Waals surface area contributed by atoms with Gasteiger partial charge in [0.05, 0.1) is 28.2 Å². The second-order valence-corrected chi connectivity index (χ2v) is 11.4. The number of carbonyl (C=O) groups excluding carboxylic acids is 2. The minimum atomic E-state index is -1.38. The van der Waals surface area contributed by atoms with Crippen LogP contribution in [0.5, 0.6) is 0 Å². The number of benzene rings is 2. The molecule has 0 radical (unpaired) electrons. The Kier molecular flexibility index (Phi) is 17.0. The SMILES string of the molecule is CCSCc1cc(NC)c(C(=O)O)cc1F.N/C(=C\C=C(/N)n1ccnc1)C(=O)Nc1ccc(F)cc1C(=O)O.N/C(C=O)=C\C=C(/N)n1ccnc1. The van der Waals surface area contributed by atoms with Crippen molar-refractivity contribution in [2.24, 2.45) is 22.9 Å². The molecule has 0 aliphatic rings. The zero-order valence-electron chi connectivity index (χ0n) is 28.4. The molecule has 16 nitrogen and oxygen atoms in total. The maximum Gasteiger partial charge on any atom is 0.337 e. The van der Waals surface area contributed by atoms with Gasteiger partial charge in [-0.15, -0.1) is 0 Å². The first kappa shape index (κ1) is 42.3. The van der Waals surface area contributed by atoms with E-state index >= 15 is 0 Å². The van der Waals surface area contributed by atoms with Crippen molar-refractivity contribution in [3.63, 3.8) is 0 Å². The highest BCUT2D eigenvalue weighted by atomic mass is 32.2. The molecule has 0 aliphatic heterocycles. The number of aromatic nitrogens is 4. The molecule has 0 unspecified atom stereocenters. The van der Waals surface area contributed by atoms with Crippen LogP contribution in [-0.4, -0.2) is 66.2 Å². The highest BCUT2D eigenvalue weighted by Gasteiger charge is 2.15. The Labute approximate surface area is 306 Å². The van der Waals surface area contributed by atoms with Crippen molar-refractivity contribution in [3.8, 4) is 0 Å². The number of imidazole rings is 2. The maximum absolute atomic E-state index is 13.5. The van der Waals surface area contributed by atoms with Crippen molar-refractivity contribution in [3.05, 3.63) is 132 Å². The Morgan fingerprint density at radius 3 is 1.91 bits per heavy atom. The molecule has 0 saturated carbocycles. The largest absolute Gasteiger partial charge is 0.478 e. The molecule has 53 heavy (non-hydrogen) atoms. The zero-order chi connectivity index (χ0) is 39.5. The van der Waals surface area contributed by atoms with Gasteiger partial charge in [-0.05, 0) is 66.0 Å². The molecule has 280 valence electrons. The van der Waals surface area contributed by atoms with E-state index in [9.17, 15) is 28.0 Å². The summed E-state index contributed by atoms with van der Waals surface area (Å²) in [5, 5.41) is 23.0. The number of carboxylic acids is 2. The van der Waals surface area contributed by atoms with Gasteiger partial charge in [0.2, 0.25) is 0 Å². The number of allylic oxidation sites excluding steroid dienone is 5. The highest BCUT2D eigenvalue weighted by molar-refractivity contribution is 7.98. The predicted molar refractivity (Wildman–Crippen MR) is 199 cm³/mol. The average molecular weight is 753 g/mol. The molecule has 2 heterocycles. The molecular formula is C34H38F2N10O6S. The first-order chi connectivity index (χ1) is 25.2. The van der Waals surface area contributed by atoms with Crippen LogP contribution < -0.4 is 33.6 Å². The number of nitrogens with zero attached hydrogens (tertiary/aromatic N) is 4. The molecule has 0 aliphatic carbocycles. The number of nitrogens with one attached hydrogen (secondary N) is 2. The van der Waals surface area contributed by atoms with E-state index in [1.54, 1.807) is 54.4 Å². The normalized spacial score (nSPS) is 11.7. The lowest BCUT2D eigenvalue weighted by Gasteiger charge is -2.09. The van der Waals surface area contributed by atoms with Gasteiger partial charge in [-0.1, -0.05) is 6.92 Å². The fourth-order valence-electron chi connectivity index (χ4n) is 3.79. The zero-order valence-corrected chi connectivity index (χ0v) is 29.3. The van der Waals surface area contributed by atoms with E-state index in [0.29, 0.717) is 29.1 Å². The molecule has 0 fully saturated rings. The molecule has 2 aromatic carbocycles. The van der Waals surface area contributed by atoms with Crippen LogP contribution in [-0.2, 0) is 15.3 Å². The molecule has 0 atom stereocenters. The molecule has 4 aromatic rings. The average Bonchev–Trinajstić information content (AvgIpc) is 3.89. The number of rotatable bonds is 13. The summed E-state index contributed by atoms with van der Waals surface area (Å²) in [6.45, 7) is 1.99. The van der Waals surface area contributed by atoms with Gasteiger partial charge in [-0.2, -0.15) is 11.8 Å². The van der Waals surface area contributed by atoms with Gasteiger partial charge >= 0.3 is 11.9 Å². The third kappa shape index (κ3) is 13.7. The van der Waals surface area contributed by atoms with E-state index in [1.807, 2.05) is 6.92 Å². The fraction of sp³-hybridized carbons (Fsp3) is 0.118. The van der Waals surface area contributed by atoms with Crippen molar-refractivity contribution in [1.82, 2.24) is 19.1 Å². The van der Waals surface area contributed by atoms with Crippen LogP contribution in [0, 0.1) is 11.6 Å². The summed E-state index contributed by atoms with van der Waals surface area (Å²) < 4.78 is 29.8. The lowest BCUT2D eigenvalue weighted by molar-refractivity contribution is -0.113. The Balaban J connectivity index is 0.000000292. The molecule has 0 saturated heterocycles. The number of hydrogen-bond donors (Lipinski definition) is 8. The monoisotopic (exact) mass is 752 g/mol. The second-order valence-electron chi connectivity index (χ2n) is 10.2. The van der Waals surface area contributed by atoms with Gasteiger partial charge in [0.15, 0.2) is 6.29 Å². The quantitative estimate of drug-likeness (QED) is 0.0552. The van der Waals surface area contributed by atoms with E-state index in [2.05, 4.69) is 20.6 Å². The van der Waals surface area contributed by atoms with Crippen molar-refractivity contribution < 1.29 is 38.2 Å². The van der Waals surface area contributed by atoms with Crippen LogP contribution in [0.4, 0.5) is 20.2 Å². The van der Waals surface area contributed by atoms with Gasteiger partial charge in [0.25, 0.3) is 5.91 Å². The maximum atomic E-state index is 13.5. The topological polar surface area (TPSA) is 273 Å². The van der Waals surface area contributed by atoms with Crippen LogP contribution >= 0.6 is 11.8 Å². The lowest BCUT2D eigenvalue weighted by atomic mass is 10.1. The third-order valence-electron chi connectivity index (χ3n) is 6.49. The third-order valence-corrected chi connectivity index (χ3v) is 7.42. The number of hydrogen-bond acceptors (Lipinski definition) is 12. The Morgan fingerprint density at radius 2 is 1.42 bits per heavy atom. The molecule has 0 spiro atoms. The molecule has 2 aromatic heterocycles. The van der Waals surface area contributed by atoms with E-state index < -0.39 is 29.5 Å². The standard InChI is InChI=1S/C15H14FN5O3.C11H14FNO2S.C8H10N4O/c16-9-1-3-12(10(7-9)15(23)24)20-14(22)11(17)2-4-13(18)21-6-5-19-8-21;1-3-16-6-7-4-10(13-2)8(11(14)15)5-9(7)12;9-7(5-13)1-2-8(10)12-4-3-11-6-12/h1-8H,17-18H2,(H,20,22)(H,23,24);4-5,13H,3,6H2,1-2H3,(H,14,15);1-6H,9-10H2/b11-2-,13-4+;;7-1-,8-2+. The van der Waals surface area contributed by atoms with Gasteiger partial charge in [0, 0.05) is 43.3 Å². The van der Waals surface area contributed by atoms with Crippen LogP contribution in [0.25, 0.3) is 11.6 Å². The Hall–Kier alpha value is -6.89. The molecule has 12 N–H and O–H groups in total. The number of carbonyl (C=O) groups is 4. The highest BCUT2D eigenvalue weighted by Crippen LogP contribution is 2.24. The smallest absolute Gasteiger partial charge is 0.337 e. The van der Waals surface area contributed by atoms with Crippen LogP contribution in [0.15, 0.2) is 103 Å². The van der Waals surface area contributed by atoms with E-state index in [1.165, 1.54) is 41.4 Å². The summed E-state index contributed by atoms with van der Waals surface area (Å²) >= 11 is 1.59. The van der Waals surface area contributed by atoms with Gasteiger partial charge < -0.3 is 43.8 Å². The van der Waals surface area contributed by atoms with Gasteiger partial charge in [-0.25, -0.2) is 28.3 Å². The number of anilines is 2. The molecule has 0 bridgehead atoms. The summed E-state index contributed by atoms with van der Waals surface area (Å²) in [6, 6.07) is 5.59. The number of aromatic carboxylic acids is 2. The molecule has 19 heteroatoms. The van der Waals surface area contributed by atoms with E-state index in [-0.39, 0.29) is 34.0 Å². The Bertz CT molecular complexity index is 2000. The number of nitrogens with two attached hydrogens (primary N) is 4. The first-order valence-corrected chi connectivity index (χ1v) is 16.3. The van der Waals surface area contributed by atoms with Crippen molar-refractivity contribution in [2.75, 3.05) is 23.4 Å². The van der Waals surface area contributed by atoms with E-state index in [4.69, 9.17) is 33.1 Å². The first-order valence-electron chi connectivity index (χ1n) is 15.1. The van der Waals surface area contributed by atoms with Crippen molar-refractivity contribution in [2.45, 2.75) is 12.7 Å². The van der Waals surface area contributed by atoms with Crippen molar-refractivity contribution >= 4 is 58.9 Å². The minimum Gasteiger partial charge on any atom is -0.478 e. The van der Waals surface area contributed by atoms with Crippen LogP contribution in [0.3, 0.4) is 0 Å². The molecule has 4 rings (SSSR count). The van der Waals surface area contributed by atoms with Gasteiger partial charge in [0.1, 0.15) is 35.9 Å². The minimum absolute atomic E-state index is 0.0368. The number of aldehydes is 1. The van der Waals surface area contributed by atoms with Crippen LogP contribution in [0.1, 0.15) is 33.2 Å². The summed E-state index contributed by atoms with van der Waals surface area (Å²) in [7, 11) is 1.62. The van der Waals surface area contributed by atoms with Crippen LogP contribution in [0.2, 0.25) is 0 Å². The molecular weight excluding hydrogens is 715 g/mol. The number of carboxylic acid groups (broad SMARTS) is 2. The predicted octanol–water partition coefficient (Wildman–Crippen LogP) is 3.46. The fourth-order valence-corrected chi connectivity index (χ4v) is 4.43. The molecule has 1 amide bonds. The second kappa shape index (κ2) is 21.4. The Morgan fingerprint density at radius 1 is 0.849 bits per heavy atom. The number of amides is 1. The number of thioether (sulfide) groups is 1. The number of halogens is 2. The lowest BCUT2D eigenvalue weighted by Crippen LogP contribution is -2.21. The summed E-state index contributed by atoms with van der Waals surface area (Å²) in [6.07, 6.45) is 15.6. The van der Waals surface area contributed by atoms with Crippen molar-refractivity contribution in [1.29, 1.82) is 0 Å². The summed E-state index contributed by atoms with van der Waals surface area (Å²) in [5.74, 6) is -2.28.